The predicted molar refractivity (Wildman–Crippen MR) is 195 cm³/mol. The average molecular weight is 612 g/mol. The van der Waals surface area contributed by atoms with Gasteiger partial charge in [0.2, 0.25) is 5.69 Å². The van der Waals surface area contributed by atoms with Gasteiger partial charge in [-0.1, -0.05) is 103 Å². The molecule has 6 aromatic carbocycles. The fraction of sp³-hybridized carbons (Fsp3) is 0. The van der Waals surface area contributed by atoms with Crippen molar-refractivity contribution in [2.24, 2.45) is 0 Å². The fourth-order valence-corrected chi connectivity index (χ4v) is 7.19. The van der Waals surface area contributed by atoms with E-state index in [1.807, 2.05) is 48.7 Å². The van der Waals surface area contributed by atoms with Crippen LogP contribution in [0.5, 0.6) is 0 Å². The highest BCUT2D eigenvalue weighted by molar-refractivity contribution is 6.10. The van der Waals surface area contributed by atoms with Crippen molar-refractivity contribution in [3.63, 3.8) is 0 Å². The van der Waals surface area contributed by atoms with Crippen molar-refractivity contribution in [2.75, 3.05) is 0 Å². The molecule has 0 atom stereocenters. The van der Waals surface area contributed by atoms with Gasteiger partial charge in [0.05, 0.1) is 46.0 Å². The second kappa shape index (κ2) is 10.8. The van der Waals surface area contributed by atoms with Crippen LogP contribution in [0.1, 0.15) is 5.56 Å². The van der Waals surface area contributed by atoms with Gasteiger partial charge < -0.3 is 9.13 Å². The van der Waals surface area contributed by atoms with Crippen molar-refractivity contribution >= 4 is 49.3 Å². The van der Waals surface area contributed by atoms with Crippen LogP contribution in [0, 0.1) is 17.9 Å². The van der Waals surface area contributed by atoms with E-state index in [0.29, 0.717) is 11.3 Å². The third-order valence-corrected chi connectivity index (χ3v) is 9.30. The average Bonchev–Trinajstić information content (AvgIpc) is 3.67. The Morgan fingerprint density at radius 3 is 1.79 bits per heavy atom. The van der Waals surface area contributed by atoms with Crippen molar-refractivity contribution in [1.82, 2.24) is 14.1 Å². The summed E-state index contributed by atoms with van der Waals surface area (Å²) < 4.78 is 4.42. The zero-order valence-corrected chi connectivity index (χ0v) is 25.7. The third kappa shape index (κ3) is 4.06. The Hall–Kier alpha value is -6.95. The second-order valence-electron chi connectivity index (χ2n) is 11.8. The minimum absolute atomic E-state index is 0.573. The van der Waals surface area contributed by atoms with Crippen LogP contribution < -0.4 is 0 Å². The lowest BCUT2D eigenvalue weighted by Gasteiger charge is -2.16. The molecule has 3 heterocycles. The van der Waals surface area contributed by atoms with Gasteiger partial charge in [-0.15, -0.1) is 0 Å². The largest absolute Gasteiger partial charge is 0.318 e. The molecule has 0 aliphatic carbocycles. The van der Waals surface area contributed by atoms with Gasteiger partial charge >= 0.3 is 0 Å². The molecule has 0 amide bonds. The normalized spacial score (nSPS) is 11.3. The second-order valence-corrected chi connectivity index (χ2v) is 11.8. The molecule has 5 heteroatoms. The summed E-state index contributed by atoms with van der Waals surface area (Å²) in [7, 11) is 0. The minimum Gasteiger partial charge on any atom is -0.318 e. The Bertz CT molecular complexity index is 2700. The Balaban J connectivity index is 1.17. The standard InChI is InChI=1S/C43H25N5/c1-45-38-13-8-12-33(43(38)48-41-16-7-4-11-36(41)37-27-46-24-23-42(37)48)29-19-17-28(18-20-29)32-22-21-31(25-30(32)26-44)47-39-14-5-2-9-34(39)35-10-3-6-15-40(35)47/h2-25,27H. The molecule has 0 bridgehead atoms. The van der Waals surface area contributed by atoms with Crippen LogP contribution in [0.3, 0.4) is 0 Å². The molecule has 222 valence electrons. The molecule has 0 saturated heterocycles. The van der Waals surface area contributed by atoms with Crippen LogP contribution in [-0.4, -0.2) is 14.1 Å². The number of benzene rings is 6. The molecule has 0 fully saturated rings. The van der Waals surface area contributed by atoms with E-state index in [0.717, 1.165) is 66.5 Å². The lowest BCUT2D eigenvalue weighted by Crippen LogP contribution is -1.98. The molecule has 9 rings (SSSR count). The summed E-state index contributed by atoms with van der Waals surface area (Å²) >= 11 is 0. The van der Waals surface area contributed by atoms with Crippen molar-refractivity contribution in [3.8, 4) is 39.7 Å². The van der Waals surface area contributed by atoms with Gasteiger partial charge in [0.1, 0.15) is 0 Å². The molecule has 9 aromatic rings. The molecule has 0 spiro atoms. The van der Waals surface area contributed by atoms with E-state index < -0.39 is 0 Å². The molecule has 3 aromatic heterocycles. The van der Waals surface area contributed by atoms with Crippen molar-refractivity contribution in [3.05, 3.63) is 169 Å². The zero-order chi connectivity index (χ0) is 32.2. The molecule has 0 N–H and O–H groups in total. The molecule has 48 heavy (non-hydrogen) atoms. The topological polar surface area (TPSA) is 50.9 Å². The number of hydrogen-bond acceptors (Lipinski definition) is 2. The SMILES string of the molecule is [C-]#[N+]c1cccc(-c2ccc(-c3ccc(-n4c5ccccc5c5ccccc54)cc3C#N)cc2)c1-n1c2ccccc2c2cnccc21. The zero-order valence-electron chi connectivity index (χ0n) is 25.7. The van der Waals surface area contributed by atoms with Gasteiger partial charge in [0, 0.05) is 39.6 Å². The molecular weight excluding hydrogens is 587 g/mol. The first-order valence-electron chi connectivity index (χ1n) is 15.7. The van der Waals surface area contributed by atoms with Crippen molar-refractivity contribution < 1.29 is 0 Å². The summed E-state index contributed by atoms with van der Waals surface area (Å²) in [6, 6.07) is 49.8. The Morgan fingerprint density at radius 2 is 1.15 bits per heavy atom. The fourth-order valence-electron chi connectivity index (χ4n) is 7.19. The number of hydrogen-bond donors (Lipinski definition) is 0. The number of nitriles is 1. The smallest absolute Gasteiger partial charge is 0.211 e. The lowest BCUT2D eigenvalue weighted by atomic mass is 9.96. The number of para-hydroxylation sites is 4. The Labute approximate surface area is 276 Å². The lowest BCUT2D eigenvalue weighted by molar-refractivity contribution is 1.18. The summed E-state index contributed by atoms with van der Waals surface area (Å²) in [5.41, 5.74) is 11.0. The number of nitrogens with zero attached hydrogens (tertiary/aromatic N) is 5. The highest BCUT2D eigenvalue weighted by atomic mass is 15.0. The summed E-state index contributed by atoms with van der Waals surface area (Å²) in [4.78, 5) is 8.35. The van der Waals surface area contributed by atoms with E-state index in [9.17, 15) is 5.26 Å². The van der Waals surface area contributed by atoms with Gasteiger partial charge in [-0.25, -0.2) is 4.85 Å². The van der Waals surface area contributed by atoms with Crippen molar-refractivity contribution in [1.29, 1.82) is 5.26 Å². The van der Waals surface area contributed by atoms with Crippen molar-refractivity contribution in [2.45, 2.75) is 0 Å². The predicted octanol–water partition coefficient (Wildman–Crippen LogP) is 11.0. The van der Waals surface area contributed by atoms with E-state index in [-0.39, 0.29) is 0 Å². The van der Waals surface area contributed by atoms with Crippen LogP contribution in [0.2, 0.25) is 0 Å². The Kier molecular flexibility index (Phi) is 6.18. The number of pyridine rings is 1. The van der Waals surface area contributed by atoms with Gasteiger partial charge in [0.15, 0.2) is 0 Å². The van der Waals surface area contributed by atoms with E-state index in [1.165, 1.54) is 10.8 Å². The number of aromatic nitrogens is 3. The highest BCUT2D eigenvalue weighted by Gasteiger charge is 2.19. The quantitative estimate of drug-likeness (QED) is 0.186. The minimum atomic E-state index is 0.573. The van der Waals surface area contributed by atoms with Crippen LogP contribution in [0.25, 0.3) is 82.1 Å². The molecule has 0 unspecified atom stereocenters. The van der Waals surface area contributed by atoms with Gasteiger partial charge in [-0.05, 0) is 58.7 Å². The summed E-state index contributed by atoms with van der Waals surface area (Å²) in [5, 5.41) is 14.8. The molecule has 0 saturated carbocycles. The van der Waals surface area contributed by atoms with Crippen LogP contribution in [0.15, 0.2) is 152 Å². The van der Waals surface area contributed by atoms with E-state index >= 15 is 0 Å². The molecule has 0 radical (unpaired) electrons. The van der Waals surface area contributed by atoms with E-state index in [2.05, 4.69) is 122 Å². The maximum absolute atomic E-state index is 10.3. The summed E-state index contributed by atoms with van der Waals surface area (Å²) in [6.07, 6.45) is 3.69. The highest BCUT2D eigenvalue weighted by Crippen LogP contribution is 2.41. The maximum atomic E-state index is 10.3. The van der Waals surface area contributed by atoms with Crippen LogP contribution >= 0.6 is 0 Å². The molecule has 0 aliphatic rings. The molecule has 0 aliphatic heterocycles. The summed E-state index contributed by atoms with van der Waals surface area (Å²) in [6.45, 7) is 8.08. The first kappa shape index (κ1) is 27.4. The van der Waals surface area contributed by atoms with E-state index in [4.69, 9.17) is 6.57 Å². The molecular formula is C43H25N5. The number of rotatable bonds is 4. The van der Waals surface area contributed by atoms with Gasteiger partial charge in [-0.3, -0.25) is 4.98 Å². The van der Waals surface area contributed by atoms with Crippen LogP contribution in [-0.2, 0) is 0 Å². The van der Waals surface area contributed by atoms with E-state index in [1.54, 1.807) is 6.20 Å². The summed E-state index contributed by atoms with van der Waals surface area (Å²) in [5.74, 6) is 0. The first-order chi connectivity index (χ1) is 23.7. The Morgan fingerprint density at radius 1 is 0.562 bits per heavy atom. The first-order valence-corrected chi connectivity index (χ1v) is 15.7. The monoisotopic (exact) mass is 611 g/mol. The van der Waals surface area contributed by atoms with Gasteiger partial charge in [0.25, 0.3) is 0 Å². The van der Waals surface area contributed by atoms with Crippen LogP contribution in [0.4, 0.5) is 5.69 Å². The third-order valence-electron chi connectivity index (χ3n) is 9.30. The molecule has 5 nitrogen and oxygen atoms in total. The number of fused-ring (bicyclic) bond motifs is 6. The maximum Gasteiger partial charge on any atom is 0.211 e. The van der Waals surface area contributed by atoms with Gasteiger partial charge in [-0.2, -0.15) is 5.26 Å².